The van der Waals surface area contributed by atoms with Crippen molar-refractivity contribution in [1.82, 2.24) is 15.5 Å². The van der Waals surface area contributed by atoms with Crippen LogP contribution in [0.4, 0.5) is 5.13 Å². The second-order valence-corrected chi connectivity index (χ2v) is 8.77. The normalized spacial score (nSPS) is 19.1. The number of amides is 1. The summed E-state index contributed by atoms with van der Waals surface area (Å²) in [6, 6.07) is 0.579. The molecule has 0 bridgehead atoms. The second kappa shape index (κ2) is 8.15. The van der Waals surface area contributed by atoms with E-state index >= 15 is 0 Å². The molecule has 1 saturated carbocycles. The van der Waals surface area contributed by atoms with E-state index in [0.29, 0.717) is 6.04 Å². The SMILES string of the molecule is CC(Sc1nnc(NC2CC2)s1)C(=O)NCCC1=CCCCC1. The van der Waals surface area contributed by atoms with Gasteiger partial charge in [0, 0.05) is 12.6 Å². The number of hydrogen-bond donors (Lipinski definition) is 2. The highest BCUT2D eigenvalue weighted by molar-refractivity contribution is 8.02. The van der Waals surface area contributed by atoms with Crippen molar-refractivity contribution in [3.63, 3.8) is 0 Å². The third-order valence-corrected chi connectivity index (χ3v) is 6.13. The molecule has 1 unspecified atom stereocenters. The smallest absolute Gasteiger partial charge is 0.233 e. The molecule has 0 saturated heterocycles. The maximum atomic E-state index is 12.2. The molecule has 1 aromatic heterocycles. The number of nitrogens with one attached hydrogen (secondary N) is 2. The van der Waals surface area contributed by atoms with Crippen LogP contribution in [-0.4, -0.2) is 33.9 Å². The topological polar surface area (TPSA) is 66.9 Å². The Morgan fingerprint density at radius 3 is 3.04 bits per heavy atom. The predicted octanol–water partition coefficient (Wildman–Crippen LogP) is 3.60. The maximum absolute atomic E-state index is 12.2. The molecule has 3 rings (SSSR count). The molecule has 0 aliphatic heterocycles. The minimum Gasteiger partial charge on any atom is -0.357 e. The van der Waals surface area contributed by atoms with E-state index < -0.39 is 0 Å². The van der Waals surface area contributed by atoms with Gasteiger partial charge in [0.1, 0.15) is 0 Å². The molecule has 1 amide bonds. The lowest BCUT2D eigenvalue weighted by Crippen LogP contribution is -2.31. The van der Waals surface area contributed by atoms with Gasteiger partial charge in [-0.05, 0) is 51.9 Å². The minimum absolute atomic E-state index is 0.0818. The van der Waals surface area contributed by atoms with Crippen molar-refractivity contribution in [3.8, 4) is 0 Å². The molecule has 0 radical (unpaired) electrons. The third kappa shape index (κ3) is 5.49. The largest absolute Gasteiger partial charge is 0.357 e. The Morgan fingerprint density at radius 1 is 1.43 bits per heavy atom. The molecule has 2 aliphatic carbocycles. The molecule has 2 N–H and O–H groups in total. The molecule has 1 heterocycles. The number of allylic oxidation sites excluding steroid dienone is 1. The van der Waals surface area contributed by atoms with Gasteiger partial charge < -0.3 is 10.6 Å². The quantitative estimate of drug-likeness (QED) is 0.553. The Hall–Kier alpha value is -1.08. The van der Waals surface area contributed by atoms with Crippen LogP contribution in [0.5, 0.6) is 0 Å². The minimum atomic E-state index is -0.142. The van der Waals surface area contributed by atoms with E-state index in [0.717, 1.165) is 22.4 Å². The third-order valence-electron chi connectivity index (χ3n) is 4.09. The van der Waals surface area contributed by atoms with Crippen LogP contribution < -0.4 is 10.6 Å². The molecule has 0 aromatic carbocycles. The molecule has 7 heteroatoms. The number of hydrogen-bond acceptors (Lipinski definition) is 6. The molecule has 1 aromatic rings. The molecule has 126 valence electrons. The zero-order valence-electron chi connectivity index (χ0n) is 13.5. The van der Waals surface area contributed by atoms with Gasteiger partial charge in [0.2, 0.25) is 11.0 Å². The highest BCUT2D eigenvalue weighted by Gasteiger charge is 2.23. The van der Waals surface area contributed by atoms with Gasteiger partial charge in [0.25, 0.3) is 0 Å². The van der Waals surface area contributed by atoms with E-state index in [-0.39, 0.29) is 11.2 Å². The molecule has 5 nitrogen and oxygen atoms in total. The van der Waals surface area contributed by atoms with Gasteiger partial charge in [0.15, 0.2) is 4.34 Å². The first-order chi connectivity index (χ1) is 11.2. The summed E-state index contributed by atoms with van der Waals surface area (Å²) in [5.74, 6) is 0.0818. The number of carbonyl (C=O) groups excluding carboxylic acids is 1. The van der Waals surface area contributed by atoms with Gasteiger partial charge in [-0.15, -0.1) is 10.2 Å². The number of nitrogens with zero attached hydrogens (tertiary/aromatic N) is 2. The average Bonchev–Trinajstić information content (AvgIpc) is 3.26. The summed E-state index contributed by atoms with van der Waals surface area (Å²) in [5.41, 5.74) is 1.50. The van der Waals surface area contributed by atoms with Crippen molar-refractivity contribution in [2.45, 2.75) is 67.5 Å². The Bertz CT molecular complexity index is 568. The van der Waals surface area contributed by atoms with Crippen LogP contribution in [0.1, 0.15) is 51.9 Å². The molecule has 1 atom stereocenters. The maximum Gasteiger partial charge on any atom is 0.233 e. The lowest BCUT2D eigenvalue weighted by Gasteiger charge is -2.14. The molecule has 23 heavy (non-hydrogen) atoms. The van der Waals surface area contributed by atoms with Crippen LogP contribution >= 0.6 is 23.1 Å². The van der Waals surface area contributed by atoms with Gasteiger partial charge in [-0.25, -0.2) is 0 Å². The number of thioether (sulfide) groups is 1. The van der Waals surface area contributed by atoms with E-state index in [4.69, 9.17) is 0 Å². The molecular weight excluding hydrogens is 328 g/mol. The van der Waals surface area contributed by atoms with Crippen molar-refractivity contribution in [2.24, 2.45) is 0 Å². The van der Waals surface area contributed by atoms with Crippen LogP contribution in [0, 0.1) is 0 Å². The Balaban J connectivity index is 1.38. The fraction of sp³-hybridized carbons (Fsp3) is 0.688. The monoisotopic (exact) mass is 352 g/mol. The zero-order valence-corrected chi connectivity index (χ0v) is 15.1. The van der Waals surface area contributed by atoms with E-state index in [2.05, 4.69) is 26.9 Å². The van der Waals surface area contributed by atoms with Crippen molar-refractivity contribution in [3.05, 3.63) is 11.6 Å². The number of anilines is 1. The average molecular weight is 353 g/mol. The lowest BCUT2D eigenvalue weighted by atomic mass is 9.97. The first-order valence-electron chi connectivity index (χ1n) is 8.43. The van der Waals surface area contributed by atoms with Gasteiger partial charge in [0.05, 0.1) is 5.25 Å². The molecule has 2 aliphatic rings. The van der Waals surface area contributed by atoms with Crippen molar-refractivity contribution in [1.29, 1.82) is 0 Å². The zero-order chi connectivity index (χ0) is 16.1. The van der Waals surface area contributed by atoms with Gasteiger partial charge >= 0.3 is 0 Å². The Kier molecular flexibility index (Phi) is 5.94. The fourth-order valence-electron chi connectivity index (χ4n) is 2.54. The lowest BCUT2D eigenvalue weighted by molar-refractivity contribution is -0.120. The summed E-state index contributed by atoms with van der Waals surface area (Å²) in [7, 11) is 0. The Morgan fingerprint density at radius 2 is 2.30 bits per heavy atom. The van der Waals surface area contributed by atoms with Crippen molar-refractivity contribution >= 4 is 34.1 Å². The van der Waals surface area contributed by atoms with Gasteiger partial charge in [-0.2, -0.15) is 0 Å². The van der Waals surface area contributed by atoms with Crippen LogP contribution in [0.3, 0.4) is 0 Å². The first-order valence-corrected chi connectivity index (χ1v) is 10.1. The second-order valence-electron chi connectivity index (χ2n) is 6.20. The summed E-state index contributed by atoms with van der Waals surface area (Å²) >= 11 is 3.02. The van der Waals surface area contributed by atoms with Gasteiger partial charge in [-0.3, -0.25) is 4.79 Å². The van der Waals surface area contributed by atoms with E-state index in [9.17, 15) is 4.79 Å². The van der Waals surface area contributed by atoms with E-state index in [1.807, 2.05) is 6.92 Å². The standard InChI is InChI=1S/C16H24N4OS2/c1-11(14(21)17-10-9-12-5-3-2-4-6-12)22-16-20-19-15(23-16)18-13-7-8-13/h5,11,13H,2-4,6-10H2,1H3,(H,17,21)(H,18,19). The van der Waals surface area contributed by atoms with Crippen molar-refractivity contribution < 1.29 is 4.79 Å². The molecular formula is C16H24N4OS2. The molecule has 0 spiro atoms. The van der Waals surface area contributed by atoms with Crippen LogP contribution in [0.25, 0.3) is 0 Å². The summed E-state index contributed by atoms with van der Waals surface area (Å²) in [4.78, 5) is 12.2. The molecule has 1 fully saturated rings. The highest BCUT2D eigenvalue weighted by Crippen LogP contribution is 2.32. The number of aromatic nitrogens is 2. The number of carbonyl (C=O) groups is 1. The van der Waals surface area contributed by atoms with Crippen molar-refractivity contribution in [2.75, 3.05) is 11.9 Å². The van der Waals surface area contributed by atoms with E-state index in [1.54, 1.807) is 0 Å². The van der Waals surface area contributed by atoms with E-state index in [1.165, 1.54) is 67.2 Å². The summed E-state index contributed by atoms with van der Waals surface area (Å²) < 4.78 is 0.853. The highest BCUT2D eigenvalue weighted by atomic mass is 32.2. The Labute approximate surface area is 145 Å². The van der Waals surface area contributed by atoms with Crippen LogP contribution in [0.15, 0.2) is 16.0 Å². The van der Waals surface area contributed by atoms with Gasteiger partial charge in [-0.1, -0.05) is 34.7 Å². The summed E-state index contributed by atoms with van der Waals surface area (Å²) in [6.07, 6.45) is 10.8. The van der Waals surface area contributed by atoms with Crippen LogP contribution in [0.2, 0.25) is 0 Å². The summed E-state index contributed by atoms with van der Waals surface area (Å²) in [6.45, 7) is 2.66. The fourth-order valence-corrected chi connectivity index (χ4v) is 4.54. The predicted molar refractivity (Wildman–Crippen MR) is 96.1 cm³/mol. The first kappa shape index (κ1) is 16.8. The number of rotatable bonds is 8. The summed E-state index contributed by atoms with van der Waals surface area (Å²) in [5, 5.41) is 15.4. The van der Waals surface area contributed by atoms with Crippen LogP contribution in [-0.2, 0) is 4.79 Å².